The Labute approximate surface area is 249 Å². The van der Waals surface area contributed by atoms with Crippen molar-refractivity contribution in [2.45, 2.75) is 64.6 Å². The first-order valence-electron chi connectivity index (χ1n) is 14.3. The van der Waals surface area contributed by atoms with Crippen LogP contribution < -0.4 is 20.3 Å². The Morgan fingerprint density at radius 1 is 1.02 bits per heavy atom. The van der Waals surface area contributed by atoms with Crippen molar-refractivity contribution in [3.05, 3.63) is 59.4 Å². The molecule has 224 valence electrons. The summed E-state index contributed by atoms with van der Waals surface area (Å²) < 4.78 is 12.2. The number of anilines is 3. The van der Waals surface area contributed by atoms with Gasteiger partial charge in [-0.1, -0.05) is 0 Å². The zero-order valence-electron chi connectivity index (χ0n) is 24.2. The van der Waals surface area contributed by atoms with Crippen LogP contribution in [-0.4, -0.2) is 76.1 Å². The summed E-state index contributed by atoms with van der Waals surface area (Å²) in [5.74, 6) is -0.312. The van der Waals surface area contributed by atoms with Gasteiger partial charge in [0.15, 0.2) is 5.13 Å². The molecule has 1 aromatic carbocycles. The molecule has 2 amide bonds. The number of pyridine rings is 1. The minimum Gasteiger partial charge on any atom is -0.489 e. The summed E-state index contributed by atoms with van der Waals surface area (Å²) in [6, 6.07) is 7.21. The number of hydrogen-bond acceptors (Lipinski definition) is 10. The summed E-state index contributed by atoms with van der Waals surface area (Å²) in [4.78, 5) is 39.0. The summed E-state index contributed by atoms with van der Waals surface area (Å²) in [7, 11) is 0. The van der Waals surface area contributed by atoms with E-state index in [1.165, 1.54) is 23.7 Å². The fraction of sp³-hybridized carbons (Fsp3) is 0.467. The molecule has 4 heterocycles. The number of aliphatic hydroxyl groups is 1. The molecule has 0 aliphatic carbocycles. The van der Waals surface area contributed by atoms with Crippen LogP contribution in [0.2, 0.25) is 0 Å². The second kappa shape index (κ2) is 13.2. The van der Waals surface area contributed by atoms with Crippen LogP contribution in [0.4, 0.5) is 16.5 Å². The molecule has 3 aromatic rings. The lowest BCUT2D eigenvalue weighted by Crippen LogP contribution is -2.47. The molecule has 3 N–H and O–H groups in total. The fourth-order valence-corrected chi connectivity index (χ4v) is 5.61. The summed E-state index contributed by atoms with van der Waals surface area (Å²) in [6.07, 6.45) is 7.04. The lowest BCUT2D eigenvalue weighted by molar-refractivity contribution is -0.244. The first-order valence-corrected chi connectivity index (χ1v) is 15.2. The predicted molar refractivity (Wildman–Crippen MR) is 162 cm³/mol. The molecule has 0 radical (unpaired) electrons. The number of aromatic nitrogens is 2. The van der Waals surface area contributed by atoms with Gasteiger partial charge in [-0.3, -0.25) is 24.8 Å². The second-order valence-corrected chi connectivity index (χ2v) is 12.3. The first-order chi connectivity index (χ1) is 20.2. The number of carbonyl (C=O) groups is 2. The number of aliphatic hydroxyl groups excluding tert-OH is 1. The van der Waals surface area contributed by atoms with Crippen molar-refractivity contribution in [3.63, 3.8) is 0 Å². The van der Waals surface area contributed by atoms with Crippen molar-refractivity contribution in [2.24, 2.45) is 0 Å². The summed E-state index contributed by atoms with van der Waals surface area (Å²) >= 11 is 1.31. The number of piperidine rings is 1. The molecular formula is C30H38N6O5S. The Kier molecular flexibility index (Phi) is 9.37. The average molecular weight is 595 g/mol. The third-order valence-electron chi connectivity index (χ3n) is 7.19. The van der Waals surface area contributed by atoms with Crippen molar-refractivity contribution >= 4 is 39.7 Å². The molecule has 2 fully saturated rings. The topological polar surface area (TPSA) is 129 Å². The van der Waals surface area contributed by atoms with Gasteiger partial charge in [-0.25, -0.2) is 4.98 Å². The van der Waals surface area contributed by atoms with Gasteiger partial charge < -0.3 is 24.8 Å². The van der Waals surface area contributed by atoms with Gasteiger partial charge in [0.25, 0.3) is 11.8 Å². The third kappa shape index (κ3) is 7.62. The van der Waals surface area contributed by atoms with Crippen LogP contribution in [0.1, 0.15) is 67.2 Å². The van der Waals surface area contributed by atoms with Gasteiger partial charge in [-0.2, -0.15) is 0 Å². The van der Waals surface area contributed by atoms with E-state index < -0.39 is 23.8 Å². The van der Waals surface area contributed by atoms with E-state index in [0.29, 0.717) is 42.4 Å². The third-order valence-corrected chi connectivity index (χ3v) is 7.88. The van der Waals surface area contributed by atoms with Gasteiger partial charge in [-0.05, 0) is 64.7 Å². The zero-order chi connectivity index (χ0) is 29.7. The quantitative estimate of drug-likeness (QED) is 0.305. The van der Waals surface area contributed by atoms with Crippen LogP contribution in [0.25, 0.3) is 0 Å². The minimum atomic E-state index is -0.979. The molecule has 1 atom stereocenters. The Morgan fingerprint density at radius 3 is 2.45 bits per heavy atom. The monoisotopic (exact) mass is 594 g/mol. The summed E-state index contributed by atoms with van der Waals surface area (Å²) in [5, 5.41) is 18.3. The van der Waals surface area contributed by atoms with E-state index in [1.807, 2.05) is 37.8 Å². The number of nitrogens with one attached hydrogen (secondary N) is 2. The Bertz CT molecular complexity index is 1360. The lowest BCUT2D eigenvalue weighted by Gasteiger charge is -2.37. The molecule has 1 unspecified atom stereocenters. The number of ether oxygens (including phenoxy) is 2. The van der Waals surface area contributed by atoms with E-state index in [4.69, 9.17) is 9.47 Å². The number of likely N-dealkylation sites (tertiary alicyclic amines) is 1. The molecule has 0 spiro atoms. The summed E-state index contributed by atoms with van der Waals surface area (Å²) in [6.45, 7) is 8.85. The number of amides is 2. The van der Waals surface area contributed by atoms with Crippen molar-refractivity contribution in [1.29, 1.82) is 0 Å². The number of carbonyl (C=O) groups excluding carboxylic acids is 2. The predicted octanol–water partition coefficient (Wildman–Crippen LogP) is 4.58. The molecule has 2 saturated heterocycles. The molecule has 2 aromatic heterocycles. The second-order valence-electron chi connectivity index (χ2n) is 11.5. The molecular weight excluding hydrogens is 556 g/mol. The molecule has 5 rings (SSSR count). The molecule has 0 saturated carbocycles. The number of hydrogen-bond donors (Lipinski definition) is 3. The van der Waals surface area contributed by atoms with E-state index in [1.54, 1.807) is 23.7 Å². The van der Waals surface area contributed by atoms with Gasteiger partial charge in [-0.15, -0.1) is 11.3 Å². The largest absolute Gasteiger partial charge is 0.489 e. The van der Waals surface area contributed by atoms with Gasteiger partial charge in [0.1, 0.15) is 11.9 Å². The van der Waals surface area contributed by atoms with E-state index in [-0.39, 0.29) is 17.4 Å². The Balaban J connectivity index is 1.32. The average Bonchev–Trinajstić information content (AvgIpc) is 3.68. The van der Waals surface area contributed by atoms with Crippen LogP contribution in [-0.2, 0) is 4.74 Å². The normalized spacial score (nSPS) is 17.2. The first kappa shape index (κ1) is 29.9. The van der Waals surface area contributed by atoms with Gasteiger partial charge in [0, 0.05) is 55.7 Å². The maximum absolute atomic E-state index is 13.6. The van der Waals surface area contributed by atoms with E-state index in [9.17, 15) is 14.7 Å². The van der Waals surface area contributed by atoms with Crippen LogP contribution >= 0.6 is 11.3 Å². The number of nitrogens with zero attached hydrogens (tertiary/aromatic N) is 4. The number of benzene rings is 1. The number of thiazole rings is 1. The Morgan fingerprint density at radius 2 is 1.76 bits per heavy atom. The standard InChI is InChI=1S/C30H38N6O5S/c1-30(2,3)41-29(39)36-15-9-21(10-16-36)40-25-18-20(35-13-4-5-14-35)6-7-23(25)27(38)33-24-19-31-11-8-22(24)26(37)34-28-32-12-17-42-28/h6-8,11-12,17-19,21,29,39H,4-5,9-10,13-16H2,1-3H3,(H,33,38)(H,32,34,37). The molecule has 11 nitrogen and oxygen atoms in total. The van der Waals surface area contributed by atoms with Gasteiger partial charge >= 0.3 is 0 Å². The van der Waals surface area contributed by atoms with Crippen LogP contribution in [0, 0.1) is 0 Å². The van der Waals surface area contributed by atoms with Gasteiger partial charge in [0.2, 0.25) is 6.41 Å². The lowest BCUT2D eigenvalue weighted by atomic mass is 10.1. The molecule has 2 aliphatic heterocycles. The van der Waals surface area contributed by atoms with E-state index in [2.05, 4.69) is 25.5 Å². The molecule has 12 heteroatoms. The maximum atomic E-state index is 13.6. The minimum absolute atomic E-state index is 0.138. The number of rotatable bonds is 9. The van der Waals surface area contributed by atoms with Crippen molar-refractivity contribution in [2.75, 3.05) is 41.7 Å². The fourth-order valence-electron chi connectivity index (χ4n) is 5.08. The van der Waals surface area contributed by atoms with Crippen molar-refractivity contribution in [3.8, 4) is 5.75 Å². The SMILES string of the molecule is CC(C)(C)OC(O)N1CCC(Oc2cc(N3CCCC3)ccc2C(=O)Nc2cnccc2C(=O)Nc2nccs2)CC1. The highest BCUT2D eigenvalue weighted by Crippen LogP contribution is 2.32. The molecule has 2 aliphatic rings. The molecule has 42 heavy (non-hydrogen) atoms. The van der Waals surface area contributed by atoms with Crippen LogP contribution in [0.15, 0.2) is 48.2 Å². The Hall–Kier alpha value is -3.58. The smallest absolute Gasteiger partial charge is 0.259 e. The maximum Gasteiger partial charge on any atom is 0.259 e. The zero-order valence-corrected chi connectivity index (χ0v) is 25.0. The molecule has 0 bridgehead atoms. The highest BCUT2D eigenvalue weighted by Gasteiger charge is 2.29. The van der Waals surface area contributed by atoms with E-state index >= 15 is 0 Å². The van der Waals surface area contributed by atoms with E-state index in [0.717, 1.165) is 31.6 Å². The van der Waals surface area contributed by atoms with Crippen LogP contribution in [0.3, 0.4) is 0 Å². The highest BCUT2D eigenvalue weighted by molar-refractivity contribution is 7.13. The van der Waals surface area contributed by atoms with Crippen molar-refractivity contribution in [1.82, 2.24) is 14.9 Å². The highest BCUT2D eigenvalue weighted by atomic mass is 32.1. The van der Waals surface area contributed by atoms with Crippen molar-refractivity contribution < 1.29 is 24.2 Å². The summed E-state index contributed by atoms with van der Waals surface area (Å²) in [5.41, 5.74) is 1.48. The van der Waals surface area contributed by atoms with Gasteiger partial charge in [0.05, 0.1) is 28.6 Å². The van der Waals surface area contributed by atoms with Crippen LogP contribution in [0.5, 0.6) is 5.75 Å².